The Labute approximate surface area is 171 Å². The van der Waals surface area contributed by atoms with Gasteiger partial charge >= 0.3 is 0 Å². The molecule has 146 valence electrons. The van der Waals surface area contributed by atoms with E-state index >= 15 is 0 Å². The van der Waals surface area contributed by atoms with Crippen LogP contribution in [0.2, 0.25) is 5.02 Å². The van der Waals surface area contributed by atoms with Crippen molar-refractivity contribution >= 4 is 28.7 Å². The number of carbonyl (C=O) groups excluding carboxylic acids is 1. The van der Waals surface area contributed by atoms with Crippen LogP contribution >= 0.6 is 11.6 Å². The average Bonchev–Trinajstić information content (AvgIpc) is 3.10. The van der Waals surface area contributed by atoms with E-state index in [1.807, 2.05) is 17.5 Å². The number of piperidine rings is 1. The first-order chi connectivity index (χ1) is 13.7. The third-order valence-electron chi connectivity index (χ3n) is 5.56. The Hall–Kier alpha value is -2.33. The van der Waals surface area contributed by atoms with E-state index in [1.165, 1.54) is 30.5 Å². The number of hydrogen-bond acceptors (Lipinski definition) is 3. The van der Waals surface area contributed by atoms with Gasteiger partial charge in [0.25, 0.3) is 0 Å². The second kappa shape index (κ2) is 8.36. The highest BCUT2D eigenvalue weighted by atomic mass is 35.5. The maximum Gasteiger partial charge on any atom is 0.181 e. The van der Waals surface area contributed by atoms with Gasteiger partial charge in [-0.3, -0.25) is 9.20 Å². The summed E-state index contributed by atoms with van der Waals surface area (Å²) in [4.78, 5) is 20.0. The van der Waals surface area contributed by atoms with Gasteiger partial charge in [-0.1, -0.05) is 30.7 Å². The van der Waals surface area contributed by atoms with Crippen molar-refractivity contribution in [2.45, 2.75) is 45.4 Å². The summed E-state index contributed by atoms with van der Waals surface area (Å²) in [5.41, 5.74) is 4.76. The van der Waals surface area contributed by atoms with Crippen LogP contribution < -0.4 is 4.90 Å². The molecule has 5 heteroatoms. The third kappa shape index (κ3) is 3.93. The highest BCUT2D eigenvalue weighted by Gasteiger charge is 2.18. The first-order valence-corrected chi connectivity index (χ1v) is 10.6. The Morgan fingerprint density at radius 2 is 1.86 bits per heavy atom. The molecule has 1 saturated heterocycles. The standard InChI is InChI=1S/C23H26ClN3O/c1-2-20-23(27-15-12-18(24)16-22(27)25-20)21(28)11-8-17-6-9-19(10-7-17)26-13-4-3-5-14-26/h6-7,9-10,12,15-16H,2-5,8,11,13-14H2,1H3. The van der Waals surface area contributed by atoms with Crippen LogP contribution in [0.15, 0.2) is 42.6 Å². The summed E-state index contributed by atoms with van der Waals surface area (Å²) >= 11 is 6.07. The fraction of sp³-hybridized carbons (Fsp3) is 0.391. The molecule has 0 amide bonds. The molecule has 2 aromatic heterocycles. The van der Waals surface area contributed by atoms with Crippen molar-refractivity contribution in [1.82, 2.24) is 9.38 Å². The zero-order valence-corrected chi connectivity index (χ0v) is 17.1. The summed E-state index contributed by atoms with van der Waals surface area (Å²) in [5.74, 6) is 0.131. The van der Waals surface area contributed by atoms with Gasteiger partial charge in [-0.2, -0.15) is 0 Å². The Morgan fingerprint density at radius 1 is 1.11 bits per heavy atom. The second-order valence-corrected chi connectivity index (χ2v) is 7.91. The zero-order valence-electron chi connectivity index (χ0n) is 16.3. The van der Waals surface area contributed by atoms with Gasteiger partial charge in [0.2, 0.25) is 0 Å². The molecule has 1 fully saturated rings. The van der Waals surface area contributed by atoms with E-state index in [4.69, 9.17) is 11.6 Å². The molecule has 0 spiro atoms. The van der Waals surface area contributed by atoms with Gasteiger partial charge in [0.15, 0.2) is 5.78 Å². The number of aromatic nitrogens is 2. The van der Waals surface area contributed by atoms with Crippen molar-refractivity contribution in [3.05, 3.63) is 64.6 Å². The molecule has 0 radical (unpaired) electrons. The molecular weight excluding hydrogens is 370 g/mol. The number of carbonyl (C=O) groups is 1. The van der Waals surface area contributed by atoms with Crippen molar-refractivity contribution in [3.8, 4) is 0 Å². The minimum Gasteiger partial charge on any atom is -0.372 e. The first-order valence-electron chi connectivity index (χ1n) is 10.2. The molecule has 28 heavy (non-hydrogen) atoms. The van der Waals surface area contributed by atoms with Gasteiger partial charge in [0.1, 0.15) is 11.3 Å². The number of imidazole rings is 1. The largest absolute Gasteiger partial charge is 0.372 e. The summed E-state index contributed by atoms with van der Waals surface area (Å²) in [6.07, 6.45) is 7.68. The highest BCUT2D eigenvalue weighted by molar-refractivity contribution is 6.30. The summed E-state index contributed by atoms with van der Waals surface area (Å²) in [6.45, 7) is 4.32. The lowest BCUT2D eigenvalue weighted by Crippen LogP contribution is -2.29. The molecule has 4 rings (SSSR count). The van der Waals surface area contributed by atoms with Gasteiger partial charge in [-0.25, -0.2) is 4.98 Å². The van der Waals surface area contributed by atoms with E-state index in [9.17, 15) is 4.79 Å². The van der Waals surface area contributed by atoms with Crippen LogP contribution in [0, 0.1) is 0 Å². The predicted molar refractivity (Wildman–Crippen MR) is 115 cm³/mol. The number of rotatable bonds is 6. The van der Waals surface area contributed by atoms with Crippen molar-refractivity contribution in [2.75, 3.05) is 18.0 Å². The number of fused-ring (bicyclic) bond motifs is 1. The minimum absolute atomic E-state index is 0.131. The molecule has 0 saturated carbocycles. The molecule has 1 aliphatic heterocycles. The summed E-state index contributed by atoms with van der Waals surface area (Å²) < 4.78 is 1.87. The van der Waals surface area contributed by atoms with E-state index in [0.717, 1.165) is 37.3 Å². The van der Waals surface area contributed by atoms with Crippen LogP contribution in [0.5, 0.6) is 0 Å². The van der Waals surface area contributed by atoms with Gasteiger partial charge in [-0.15, -0.1) is 0 Å². The molecule has 3 heterocycles. The lowest BCUT2D eigenvalue weighted by molar-refractivity contribution is 0.0976. The van der Waals surface area contributed by atoms with E-state index in [1.54, 1.807) is 12.1 Å². The maximum absolute atomic E-state index is 13.0. The number of Topliss-reactive ketones (excluding diaryl/α,β-unsaturated/α-hetero) is 1. The monoisotopic (exact) mass is 395 g/mol. The Bertz CT molecular complexity index is 971. The number of anilines is 1. The van der Waals surface area contributed by atoms with Gasteiger partial charge in [-0.05, 0) is 55.9 Å². The van der Waals surface area contributed by atoms with E-state index in [2.05, 4.69) is 34.1 Å². The summed E-state index contributed by atoms with van der Waals surface area (Å²) in [7, 11) is 0. The smallest absolute Gasteiger partial charge is 0.181 e. The number of nitrogens with zero attached hydrogens (tertiary/aromatic N) is 3. The second-order valence-electron chi connectivity index (χ2n) is 7.47. The fourth-order valence-corrected chi connectivity index (χ4v) is 4.17. The summed E-state index contributed by atoms with van der Waals surface area (Å²) in [6, 6.07) is 12.3. The van der Waals surface area contributed by atoms with Gasteiger partial charge in [0, 0.05) is 42.5 Å². The highest BCUT2D eigenvalue weighted by Crippen LogP contribution is 2.22. The third-order valence-corrected chi connectivity index (χ3v) is 5.79. The lowest BCUT2D eigenvalue weighted by atomic mass is 10.0. The molecule has 0 bridgehead atoms. The lowest BCUT2D eigenvalue weighted by Gasteiger charge is -2.28. The number of pyridine rings is 1. The molecule has 1 aliphatic rings. The van der Waals surface area contributed by atoms with Crippen LogP contribution in [0.3, 0.4) is 0 Å². The Morgan fingerprint density at radius 3 is 2.57 bits per heavy atom. The maximum atomic E-state index is 13.0. The number of aryl methyl sites for hydroxylation is 2. The molecule has 4 nitrogen and oxygen atoms in total. The van der Waals surface area contributed by atoms with Crippen molar-refractivity contribution in [3.63, 3.8) is 0 Å². The molecule has 0 aliphatic carbocycles. The summed E-state index contributed by atoms with van der Waals surface area (Å²) in [5, 5.41) is 0.632. The van der Waals surface area contributed by atoms with E-state index in [-0.39, 0.29) is 5.78 Å². The average molecular weight is 396 g/mol. The first kappa shape index (κ1) is 19.0. The zero-order chi connectivity index (χ0) is 19.5. The molecule has 1 aromatic carbocycles. The van der Waals surface area contributed by atoms with E-state index < -0.39 is 0 Å². The number of hydrogen-bond donors (Lipinski definition) is 0. The molecule has 3 aromatic rings. The van der Waals surface area contributed by atoms with Gasteiger partial charge < -0.3 is 4.90 Å². The Balaban J connectivity index is 1.46. The minimum atomic E-state index is 0.131. The van der Waals surface area contributed by atoms with Crippen molar-refractivity contribution in [2.24, 2.45) is 0 Å². The number of benzene rings is 1. The normalized spacial score (nSPS) is 14.6. The van der Waals surface area contributed by atoms with Crippen LogP contribution in [-0.4, -0.2) is 28.3 Å². The van der Waals surface area contributed by atoms with Crippen molar-refractivity contribution in [1.29, 1.82) is 0 Å². The predicted octanol–water partition coefficient (Wildman–Crippen LogP) is 5.36. The molecule has 0 N–H and O–H groups in total. The topological polar surface area (TPSA) is 37.6 Å². The number of ketones is 1. The molecule has 0 unspecified atom stereocenters. The molecular formula is C23H26ClN3O. The molecule has 0 atom stereocenters. The van der Waals surface area contributed by atoms with Gasteiger partial charge in [0.05, 0.1) is 5.69 Å². The quantitative estimate of drug-likeness (QED) is 0.527. The number of halogens is 1. The Kier molecular flexibility index (Phi) is 5.67. The van der Waals surface area contributed by atoms with Crippen LogP contribution in [0.4, 0.5) is 5.69 Å². The van der Waals surface area contributed by atoms with Crippen LogP contribution in [0.1, 0.15) is 54.4 Å². The fourth-order valence-electron chi connectivity index (χ4n) is 4.01. The van der Waals surface area contributed by atoms with Crippen LogP contribution in [-0.2, 0) is 12.8 Å². The van der Waals surface area contributed by atoms with Crippen molar-refractivity contribution < 1.29 is 4.79 Å². The SMILES string of the molecule is CCc1nc2cc(Cl)ccn2c1C(=O)CCc1ccc(N2CCCCC2)cc1. The van der Waals surface area contributed by atoms with Crippen LogP contribution in [0.25, 0.3) is 5.65 Å². The van der Waals surface area contributed by atoms with E-state index in [0.29, 0.717) is 17.1 Å².